The molecule has 1 unspecified atom stereocenters. The maximum absolute atomic E-state index is 11.3. The second-order valence-electron chi connectivity index (χ2n) is 6.13. The Kier molecular flexibility index (Phi) is 5.80. The Balaban J connectivity index is 2.19. The summed E-state index contributed by atoms with van der Waals surface area (Å²) in [4.78, 5) is 13.9. The third kappa shape index (κ3) is 4.07. The molecule has 3 heteroatoms. The van der Waals surface area contributed by atoms with E-state index in [0.717, 1.165) is 18.4 Å². The van der Waals surface area contributed by atoms with Crippen LogP contribution in [0.5, 0.6) is 0 Å². The van der Waals surface area contributed by atoms with Gasteiger partial charge < -0.3 is 10.6 Å². The number of hydrogen-bond acceptors (Lipinski definition) is 2. The normalized spacial score (nSPS) is 17.8. The summed E-state index contributed by atoms with van der Waals surface area (Å²) in [6.45, 7) is 6.84. The molecule has 2 rings (SSSR count). The molecule has 0 spiro atoms. The molecular formula is C18H28N2O. The molecule has 21 heavy (non-hydrogen) atoms. The number of fused-ring (bicyclic) bond motifs is 1. The third-order valence-corrected chi connectivity index (χ3v) is 4.46. The lowest BCUT2D eigenvalue weighted by molar-refractivity contribution is -0.117. The molecule has 1 aromatic carbocycles. The summed E-state index contributed by atoms with van der Waals surface area (Å²) in [5.41, 5.74) is 9.33. The number of primary amides is 1. The van der Waals surface area contributed by atoms with Crippen LogP contribution in [0, 0.1) is 0 Å². The van der Waals surface area contributed by atoms with Crippen LogP contribution in [0.3, 0.4) is 0 Å². The molecule has 0 saturated carbocycles. The summed E-state index contributed by atoms with van der Waals surface area (Å²) >= 11 is 0. The molecule has 1 aliphatic rings. The van der Waals surface area contributed by atoms with Gasteiger partial charge in [0, 0.05) is 6.04 Å². The predicted molar refractivity (Wildman–Crippen MR) is 87.3 cm³/mol. The van der Waals surface area contributed by atoms with Crippen molar-refractivity contribution < 1.29 is 4.79 Å². The van der Waals surface area contributed by atoms with Crippen molar-refractivity contribution in [2.45, 2.75) is 58.4 Å². The quantitative estimate of drug-likeness (QED) is 0.838. The van der Waals surface area contributed by atoms with Crippen LogP contribution in [0.4, 0.5) is 0 Å². The van der Waals surface area contributed by atoms with Crippen molar-refractivity contribution >= 4 is 5.91 Å². The van der Waals surface area contributed by atoms with Crippen molar-refractivity contribution in [1.82, 2.24) is 4.90 Å². The van der Waals surface area contributed by atoms with E-state index in [2.05, 4.69) is 36.9 Å². The second kappa shape index (κ2) is 7.60. The average Bonchev–Trinajstić information content (AvgIpc) is 2.46. The number of rotatable bonds is 7. The molecule has 0 bridgehead atoms. The predicted octanol–water partition coefficient (Wildman–Crippen LogP) is 2.69. The fourth-order valence-electron chi connectivity index (χ4n) is 3.56. The number of aryl methyl sites for hydroxylation is 1. The van der Waals surface area contributed by atoms with Crippen LogP contribution in [-0.2, 0) is 24.1 Å². The van der Waals surface area contributed by atoms with E-state index in [1.807, 2.05) is 0 Å². The first kappa shape index (κ1) is 16.0. The Labute approximate surface area is 128 Å². The first-order valence-corrected chi connectivity index (χ1v) is 8.27. The fourth-order valence-corrected chi connectivity index (χ4v) is 3.56. The van der Waals surface area contributed by atoms with E-state index in [1.54, 1.807) is 0 Å². The summed E-state index contributed by atoms with van der Waals surface area (Å²) in [6, 6.07) is 6.95. The molecule has 1 amide bonds. The number of nitrogens with two attached hydrogens (primary N) is 1. The molecular weight excluding hydrogens is 260 g/mol. The molecule has 0 radical (unpaired) electrons. The van der Waals surface area contributed by atoms with Gasteiger partial charge in [0.1, 0.15) is 0 Å². The second-order valence-corrected chi connectivity index (χ2v) is 6.13. The lowest BCUT2D eigenvalue weighted by Crippen LogP contribution is -2.40. The average molecular weight is 288 g/mol. The van der Waals surface area contributed by atoms with Gasteiger partial charge in [-0.15, -0.1) is 0 Å². The van der Waals surface area contributed by atoms with Crippen molar-refractivity contribution in [3.05, 3.63) is 34.9 Å². The van der Waals surface area contributed by atoms with Crippen molar-refractivity contribution in [2.24, 2.45) is 5.73 Å². The van der Waals surface area contributed by atoms with Crippen LogP contribution in [0.2, 0.25) is 0 Å². The van der Waals surface area contributed by atoms with Gasteiger partial charge in [0.25, 0.3) is 0 Å². The standard InChI is InChI=1S/C18H28N2O/c1-3-10-20(11-4-2)16-9-8-14-6-5-7-15(12-18(19)21)17(14)13-16/h5-7,16H,3-4,8-13H2,1-2H3,(H2,19,21). The van der Waals surface area contributed by atoms with Gasteiger partial charge >= 0.3 is 0 Å². The molecule has 0 fully saturated rings. The molecule has 2 N–H and O–H groups in total. The molecule has 0 aliphatic heterocycles. The topological polar surface area (TPSA) is 46.3 Å². The highest BCUT2D eigenvalue weighted by atomic mass is 16.1. The highest BCUT2D eigenvalue weighted by Crippen LogP contribution is 2.28. The number of carbonyl (C=O) groups excluding carboxylic acids is 1. The van der Waals surface area contributed by atoms with E-state index in [-0.39, 0.29) is 5.91 Å². The SMILES string of the molecule is CCCN(CCC)C1CCc2cccc(CC(N)=O)c2C1. The number of amides is 1. The number of benzene rings is 1. The first-order valence-electron chi connectivity index (χ1n) is 8.27. The van der Waals surface area contributed by atoms with Crippen LogP contribution < -0.4 is 5.73 Å². The van der Waals surface area contributed by atoms with Gasteiger partial charge in [0.15, 0.2) is 0 Å². The van der Waals surface area contributed by atoms with Crippen LogP contribution >= 0.6 is 0 Å². The van der Waals surface area contributed by atoms with E-state index in [9.17, 15) is 4.79 Å². The van der Waals surface area contributed by atoms with Gasteiger partial charge in [-0.1, -0.05) is 32.0 Å². The molecule has 1 atom stereocenters. The third-order valence-electron chi connectivity index (χ3n) is 4.46. The van der Waals surface area contributed by atoms with Gasteiger partial charge in [0.05, 0.1) is 6.42 Å². The van der Waals surface area contributed by atoms with Gasteiger partial charge in [-0.3, -0.25) is 4.79 Å². The maximum Gasteiger partial charge on any atom is 0.221 e. The van der Waals surface area contributed by atoms with Gasteiger partial charge in [-0.25, -0.2) is 0 Å². The molecule has 1 aliphatic carbocycles. The molecule has 0 aromatic heterocycles. The smallest absolute Gasteiger partial charge is 0.221 e. The summed E-state index contributed by atoms with van der Waals surface area (Å²) in [7, 11) is 0. The van der Waals surface area contributed by atoms with Crippen molar-refractivity contribution in [3.63, 3.8) is 0 Å². The number of hydrogen-bond donors (Lipinski definition) is 1. The van der Waals surface area contributed by atoms with Gasteiger partial charge in [0.2, 0.25) is 5.91 Å². The Bertz CT molecular complexity index is 478. The Morgan fingerprint density at radius 1 is 1.29 bits per heavy atom. The van der Waals surface area contributed by atoms with E-state index < -0.39 is 0 Å². The number of carbonyl (C=O) groups is 1. The number of nitrogens with zero attached hydrogens (tertiary/aromatic N) is 1. The van der Waals surface area contributed by atoms with Crippen molar-refractivity contribution in [1.29, 1.82) is 0 Å². The minimum atomic E-state index is -0.232. The molecule has 1 aromatic rings. The van der Waals surface area contributed by atoms with Gasteiger partial charge in [-0.05, 0) is 61.9 Å². The minimum Gasteiger partial charge on any atom is -0.369 e. The largest absolute Gasteiger partial charge is 0.369 e. The lowest BCUT2D eigenvalue weighted by Gasteiger charge is -2.35. The van der Waals surface area contributed by atoms with E-state index in [1.165, 1.54) is 43.5 Å². The van der Waals surface area contributed by atoms with Gasteiger partial charge in [-0.2, -0.15) is 0 Å². The van der Waals surface area contributed by atoms with E-state index >= 15 is 0 Å². The zero-order valence-corrected chi connectivity index (χ0v) is 13.4. The fraction of sp³-hybridized carbons (Fsp3) is 0.611. The van der Waals surface area contributed by atoms with Crippen LogP contribution in [0.15, 0.2) is 18.2 Å². The Morgan fingerprint density at radius 2 is 2.00 bits per heavy atom. The Morgan fingerprint density at radius 3 is 2.62 bits per heavy atom. The molecule has 3 nitrogen and oxygen atoms in total. The summed E-state index contributed by atoms with van der Waals surface area (Å²) < 4.78 is 0. The zero-order valence-electron chi connectivity index (χ0n) is 13.4. The van der Waals surface area contributed by atoms with E-state index in [0.29, 0.717) is 12.5 Å². The van der Waals surface area contributed by atoms with Crippen LogP contribution in [-0.4, -0.2) is 29.9 Å². The van der Waals surface area contributed by atoms with Crippen LogP contribution in [0.1, 0.15) is 49.8 Å². The summed E-state index contributed by atoms with van der Waals surface area (Å²) in [6.07, 6.45) is 6.19. The van der Waals surface area contributed by atoms with Crippen molar-refractivity contribution in [2.75, 3.05) is 13.1 Å². The lowest BCUT2D eigenvalue weighted by atomic mass is 9.83. The molecule has 0 saturated heterocycles. The first-order chi connectivity index (χ1) is 10.2. The summed E-state index contributed by atoms with van der Waals surface area (Å²) in [5.74, 6) is -0.232. The van der Waals surface area contributed by atoms with E-state index in [4.69, 9.17) is 5.73 Å². The highest BCUT2D eigenvalue weighted by Gasteiger charge is 2.25. The Hall–Kier alpha value is -1.35. The highest BCUT2D eigenvalue weighted by molar-refractivity contribution is 5.77. The molecule has 116 valence electrons. The minimum absolute atomic E-state index is 0.232. The zero-order chi connectivity index (χ0) is 15.2. The van der Waals surface area contributed by atoms with Crippen LogP contribution in [0.25, 0.3) is 0 Å². The molecule has 0 heterocycles. The monoisotopic (exact) mass is 288 g/mol. The maximum atomic E-state index is 11.3. The van der Waals surface area contributed by atoms with Crippen molar-refractivity contribution in [3.8, 4) is 0 Å². The summed E-state index contributed by atoms with van der Waals surface area (Å²) in [5, 5.41) is 0.